The molecule has 5 heteroatoms. The molecule has 0 amide bonds. The molecule has 1 N–H and O–H groups in total. The molecule has 19 heavy (non-hydrogen) atoms. The van der Waals surface area contributed by atoms with Crippen molar-refractivity contribution in [3.05, 3.63) is 41.0 Å². The molecule has 2 rings (SSSR count). The zero-order valence-electron chi connectivity index (χ0n) is 11.3. The van der Waals surface area contributed by atoms with E-state index in [-0.39, 0.29) is 6.42 Å². The average molecular weight is 259 g/mol. The smallest absolute Gasteiger partial charge is 0.303 e. The second-order valence-corrected chi connectivity index (χ2v) is 4.63. The minimum Gasteiger partial charge on any atom is -0.481 e. The van der Waals surface area contributed by atoms with Crippen LogP contribution in [0.4, 0.5) is 0 Å². The second kappa shape index (κ2) is 5.22. The summed E-state index contributed by atoms with van der Waals surface area (Å²) in [6, 6.07) is 5.93. The van der Waals surface area contributed by atoms with Crippen LogP contribution < -0.4 is 0 Å². The summed E-state index contributed by atoms with van der Waals surface area (Å²) in [7, 11) is 0. The third kappa shape index (κ3) is 2.99. The van der Waals surface area contributed by atoms with Gasteiger partial charge in [0.05, 0.1) is 5.69 Å². The van der Waals surface area contributed by atoms with Crippen molar-refractivity contribution in [2.75, 3.05) is 0 Å². The maximum absolute atomic E-state index is 10.6. The number of aliphatic carboxylic acids is 1. The van der Waals surface area contributed by atoms with Gasteiger partial charge in [0.2, 0.25) is 0 Å². The number of nitrogens with zero attached hydrogens (tertiary/aromatic N) is 3. The largest absolute Gasteiger partial charge is 0.481 e. The Hall–Kier alpha value is -2.17. The van der Waals surface area contributed by atoms with Gasteiger partial charge in [-0.25, -0.2) is 9.67 Å². The summed E-state index contributed by atoms with van der Waals surface area (Å²) in [5, 5.41) is 13.1. The van der Waals surface area contributed by atoms with Gasteiger partial charge in [0.25, 0.3) is 0 Å². The highest BCUT2D eigenvalue weighted by Gasteiger charge is 2.09. The summed E-state index contributed by atoms with van der Waals surface area (Å²) in [5.41, 5.74) is 3.05. The average Bonchev–Trinajstić information content (AvgIpc) is 2.67. The lowest BCUT2D eigenvalue weighted by molar-refractivity contribution is -0.136. The molecular formula is C14H17N3O2. The molecule has 0 saturated heterocycles. The van der Waals surface area contributed by atoms with Crippen LogP contribution in [0.5, 0.6) is 0 Å². The van der Waals surface area contributed by atoms with Crippen molar-refractivity contribution in [3.8, 4) is 5.69 Å². The number of carboxylic acid groups (broad SMARTS) is 1. The molecule has 0 unspecified atom stereocenters. The van der Waals surface area contributed by atoms with E-state index in [2.05, 4.69) is 10.1 Å². The molecule has 1 aromatic heterocycles. The van der Waals surface area contributed by atoms with E-state index in [1.54, 1.807) is 4.68 Å². The van der Waals surface area contributed by atoms with Crippen molar-refractivity contribution in [2.45, 2.75) is 33.6 Å². The lowest BCUT2D eigenvalue weighted by Crippen LogP contribution is -2.04. The van der Waals surface area contributed by atoms with Crippen LogP contribution in [0.25, 0.3) is 5.69 Å². The van der Waals surface area contributed by atoms with Gasteiger partial charge in [-0.15, -0.1) is 0 Å². The zero-order chi connectivity index (χ0) is 14.0. The van der Waals surface area contributed by atoms with Crippen molar-refractivity contribution in [2.24, 2.45) is 0 Å². The Balaban J connectivity index is 2.37. The fourth-order valence-corrected chi connectivity index (χ4v) is 2.04. The summed E-state index contributed by atoms with van der Waals surface area (Å²) in [5.74, 6) is 0.777. The van der Waals surface area contributed by atoms with Gasteiger partial charge < -0.3 is 5.11 Å². The van der Waals surface area contributed by atoms with Crippen LogP contribution in [0.15, 0.2) is 18.2 Å². The van der Waals surface area contributed by atoms with E-state index >= 15 is 0 Å². The van der Waals surface area contributed by atoms with Crippen molar-refractivity contribution < 1.29 is 9.90 Å². The van der Waals surface area contributed by atoms with Crippen molar-refractivity contribution >= 4 is 5.97 Å². The molecule has 0 aliphatic heterocycles. The van der Waals surface area contributed by atoms with Crippen LogP contribution in [0, 0.1) is 20.8 Å². The number of carboxylic acids is 1. The highest BCUT2D eigenvalue weighted by Crippen LogP contribution is 2.18. The van der Waals surface area contributed by atoms with Gasteiger partial charge >= 0.3 is 5.97 Å². The van der Waals surface area contributed by atoms with Gasteiger partial charge in [-0.1, -0.05) is 12.1 Å². The summed E-state index contributed by atoms with van der Waals surface area (Å²) >= 11 is 0. The monoisotopic (exact) mass is 259 g/mol. The first-order chi connectivity index (χ1) is 8.97. The van der Waals surface area contributed by atoms with E-state index < -0.39 is 5.97 Å². The van der Waals surface area contributed by atoms with Crippen LogP contribution in [0.1, 0.15) is 29.2 Å². The SMILES string of the molecule is Cc1nc(C)n(-c2cc(CCC(=O)O)ccc2C)n1. The Morgan fingerprint density at radius 2 is 2.05 bits per heavy atom. The van der Waals surface area contributed by atoms with Gasteiger partial charge in [-0.2, -0.15) is 5.10 Å². The lowest BCUT2D eigenvalue weighted by atomic mass is 10.1. The first kappa shape index (κ1) is 13.3. The number of hydrogen-bond donors (Lipinski definition) is 1. The van der Waals surface area contributed by atoms with E-state index in [4.69, 9.17) is 5.11 Å². The molecule has 0 fully saturated rings. The first-order valence-electron chi connectivity index (χ1n) is 6.19. The van der Waals surface area contributed by atoms with E-state index in [0.717, 1.165) is 28.5 Å². The molecule has 0 aliphatic rings. The van der Waals surface area contributed by atoms with Gasteiger partial charge in [0.1, 0.15) is 11.6 Å². The van der Waals surface area contributed by atoms with Crippen LogP contribution >= 0.6 is 0 Å². The Kier molecular flexibility index (Phi) is 3.64. The van der Waals surface area contributed by atoms with E-state index in [0.29, 0.717) is 6.42 Å². The maximum atomic E-state index is 10.6. The van der Waals surface area contributed by atoms with Crippen molar-refractivity contribution in [1.82, 2.24) is 14.8 Å². The van der Waals surface area contributed by atoms with Gasteiger partial charge in [-0.3, -0.25) is 4.79 Å². The summed E-state index contributed by atoms with van der Waals surface area (Å²) in [6.45, 7) is 5.77. The summed E-state index contributed by atoms with van der Waals surface area (Å²) < 4.78 is 1.80. The van der Waals surface area contributed by atoms with Crippen LogP contribution in [-0.2, 0) is 11.2 Å². The molecule has 0 radical (unpaired) electrons. The molecular weight excluding hydrogens is 242 g/mol. The number of hydrogen-bond acceptors (Lipinski definition) is 3. The number of aryl methyl sites for hydroxylation is 4. The molecule has 0 bridgehead atoms. The molecule has 1 aromatic carbocycles. The first-order valence-corrected chi connectivity index (χ1v) is 6.19. The molecule has 0 atom stereocenters. The third-order valence-corrected chi connectivity index (χ3v) is 3.00. The molecule has 0 aliphatic carbocycles. The summed E-state index contributed by atoms with van der Waals surface area (Å²) in [4.78, 5) is 14.9. The zero-order valence-corrected chi connectivity index (χ0v) is 11.3. The summed E-state index contributed by atoms with van der Waals surface area (Å²) in [6.07, 6.45) is 0.660. The number of rotatable bonds is 4. The van der Waals surface area contributed by atoms with E-state index in [9.17, 15) is 4.79 Å². The van der Waals surface area contributed by atoms with Crippen LogP contribution in [-0.4, -0.2) is 25.8 Å². The number of benzene rings is 1. The van der Waals surface area contributed by atoms with E-state index in [1.807, 2.05) is 39.0 Å². The van der Waals surface area contributed by atoms with E-state index in [1.165, 1.54) is 0 Å². The molecule has 2 aromatic rings. The molecule has 0 saturated carbocycles. The maximum Gasteiger partial charge on any atom is 0.303 e. The topological polar surface area (TPSA) is 68.0 Å². The predicted molar refractivity (Wildman–Crippen MR) is 71.5 cm³/mol. The molecule has 0 spiro atoms. The Labute approximate surface area is 111 Å². The van der Waals surface area contributed by atoms with Gasteiger partial charge in [0.15, 0.2) is 0 Å². The normalized spacial score (nSPS) is 10.7. The lowest BCUT2D eigenvalue weighted by Gasteiger charge is -2.09. The Bertz CT molecular complexity index is 617. The highest BCUT2D eigenvalue weighted by atomic mass is 16.4. The molecule has 5 nitrogen and oxygen atoms in total. The molecule has 100 valence electrons. The Morgan fingerprint density at radius 3 is 2.63 bits per heavy atom. The highest BCUT2D eigenvalue weighted by molar-refractivity contribution is 5.67. The van der Waals surface area contributed by atoms with Crippen LogP contribution in [0.2, 0.25) is 0 Å². The van der Waals surface area contributed by atoms with Gasteiger partial charge in [0, 0.05) is 6.42 Å². The predicted octanol–water partition coefficient (Wildman–Crippen LogP) is 2.21. The number of aromatic nitrogens is 3. The third-order valence-electron chi connectivity index (χ3n) is 3.00. The van der Waals surface area contributed by atoms with Crippen LogP contribution in [0.3, 0.4) is 0 Å². The fourth-order valence-electron chi connectivity index (χ4n) is 2.04. The van der Waals surface area contributed by atoms with Crippen molar-refractivity contribution in [3.63, 3.8) is 0 Å². The quantitative estimate of drug-likeness (QED) is 0.914. The number of carbonyl (C=O) groups is 1. The second-order valence-electron chi connectivity index (χ2n) is 4.63. The minimum absolute atomic E-state index is 0.137. The van der Waals surface area contributed by atoms with Crippen molar-refractivity contribution in [1.29, 1.82) is 0 Å². The molecule has 1 heterocycles. The standard InChI is InChI=1S/C14H17N3O2/c1-9-4-5-12(6-7-14(18)19)8-13(9)17-11(3)15-10(2)16-17/h4-5,8H,6-7H2,1-3H3,(H,18,19). The Morgan fingerprint density at radius 1 is 1.32 bits per heavy atom. The fraction of sp³-hybridized carbons (Fsp3) is 0.357. The van der Waals surface area contributed by atoms with Gasteiger partial charge in [-0.05, 0) is 44.4 Å². The minimum atomic E-state index is -0.782.